The summed E-state index contributed by atoms with van der Waals surface area (Å²) in [6, 6.07) is 0. The summed E-state index contributed by atoms with van der Waals surface area (Å²) in [5.41, 5.74) is 10.1. The molecule has 0 aromatic heterocycles. The monoisotopic (exact) mass is 255 g/mol. The van der Waals surface area contributed by atoms with Gasteiger partial charge in [0.1, 0.15) is 0 Å². The van der Waals surface area contributed by atoms with Crippen molar-refractivity contribution in [3.05, 3.63) is 0 Å². The number of halogens is 2. The van der Waals surface area contributed by atoms with Gasteiger partial charge in [-0.25, -0.2) is 0 Å². The van der Waals surface area contributed by atoms with Gasteiger partial charge in [0.2, 0.25) is 11.9 Å². The second-order valence-electron chi connectivity index (χ2n) is 2.77. The van der Waals surface area contributed by atoms with E-state index in [2.05, 4.69) is 28.2 Å². The maximum atomic E-state index is 5.04. The minimum atomic E-state index is -0.0569. The highest BCUT2D eigenvalue weighted by molar-refractivity contribution is 6.22. The van der Waals surface area contributed by atoms with Crippen molar-refractivity contribution in [2.24, 2.45) is 20.5 Å². The third kappa shape index (κ3) is 16.0. The van der Waals surface area contributed by atoms with E-state index < -0.39 is 0 Å². The molecule has 0 aliphatic carbocycles. The molecule has 0 bridgehead atoms. The average Bonchev–Trinajstić information content (AvgIpc) is 2.26. The molecule has 0 aromatic carbocycles. The first-order chi connectivity index (χ1) is 7.12. The van der Waals surface area contributed by atoms with Crippen molar-refractivity contribution >= 4 is 35.5 Å². The Hall–Kier alpha value is -0.680. The van der Waals surface area contributed by atoms with E-state index in [1.54, 1.807) is 0 Å². The van der Waals surface area contributed by atoms with Crippen LogP contribution in [0.4, 0.5) is 0 Å². The number of nitrogens with one attached hydrogen (secondary N) is 1. The lowest BCUT2D eigenvalue weighted by Crippen LogP contribution is -2.40. The minimum Gasteiger partial charge on any atom is -0.369 e. The summed E-state index contributed by atoms with van der Waals surface area (Å²) in [6.45, 7) is 4.46. The van der Waals surface area contributed by atoms with Crippen LogP contribution in [0.2, 0.25) is 0 Å². The Morgan fingerprint density at radius 2 is 1.33 bits per heavy atom. The Labute approximate surface area is 101 Å². The third-order valence-corrected chi connectivity index (χ3v) is 1.76. The van der Waals surface area contributed by atoms with Crippen molar-refractivity contribution in [3.63, 3.8) is 0 Å². The first-order valence-corrected chi connectivity index (χ1v) is 5.45. The molecular formula is C8H19Cl2N5. The van der Waals surface area contributed by atoms with Gasteiger partial charge in [0.15, 0.2) is 0 Å². The molecule has 0 rings (SSSR count). The Balaban J connectivity index is 0. The van der Waals surface area contributed by atoms with E-state index in [-0.39, 0.29) is 11.9 Å². The molecular weight excluding hydrogens is 237 g/mol. The number of nitrogens with two attached hydrogens (primary N) is 2. The Kier molecular flexibility index (Phi) is 14.9. The Bertz CT molecular complexity index is 173. The second kappa shape index (κ2) is 13.3. The van der Waals surface area contributed by atoms with Crippen LogP contribution in [0.15, 0.2) is 9.02 Å². The quantitative estimate of drug-likeness (QED) is 0.410. The van der Waals surface area contributed by atoms with Crippen molar-refractivity contribution in [1.29, 1.82) is 0 Å². The highest BCUT2D eigenvalue weighted by atomic mass is 35.5. The molecule has 0 fully saturated rings. The molecule has 5 nitrogen and oxygen atoms in total. The molecule has 0 radical (unpaired) electrons. The van der Waals surface area contributed by atoms with Crippen LogP contribution >= 0.6 is 23.6 Å². The molecule has 0 saturated heterocycles. The lowest BCUT2D eigenvalue weighted by molar-refractivity contribution is 0.702. The first-order valence-electron chi connectivity index (χ1n) is 4.78. The molecule has 0 atom stereocenters. The Morgan fingerprint density at radius 3 is 1.53 bits per heavy atom. The molecule has 7 heteroatoms. The highest BCUT2D eigenvalue weighted by Crippen LogP contribution is 1.95. The number of unbranched alkanes of at least 4 members (excludes halogenated alkanes) is 3. The van der Waals surface area contributed by atoms with E-state index in [4.69, 9.17) is 35.0 Å². The third-order valence-electron chi connectivity index (χ3n) is 1.40. The molecule has 15 heavy (non-hydrogen) atoms. The molecule has 0 heterocycles. The molecule has 0 aliphatic rings. The topological polar surface area (TPSA) is 88.8 Å². The zero-order valence-electron chi connectivity index (χ0n) is 9.13. The zero-order valence-corrected chi connectivity index (χ0v) is 10.6. The van der Waals surface area contributed by atoms with E-state index in [1.807, 2.05) is 0 Å². The van der Waals surface area contributed by atoms with Crippen LogP contribution in [0.5, 0.6) is 0 Å². The van der Waals surface area contributed by atoms with E-state index in [9.17, 15) is 0 Å². The lowest BCUT2D eigenvalue weighted by Gasteiger charge is -1.97. The fourth-order valence-corrected chi connectivity index (χ4v) is 0.758. The molecule has 0 aromatic rings. The lowest BCUT2D eigenvalue weighted by atomic mass is 10.2. The summed E-state index contributed by atoms with van der Waals surface area (Å²) in [6.07, 6.45) is 5.54. The summed E-state index contributed by atoms with van der Waals surface area (Å²) >= 11 is 9.80. The van der Waals surface area contributed by atoms with Crippen molar-refractivity contribution in [3.8, 4) is 0 Å². The van der Waals surface area contributed by atoms with Gasteiger partial charge in [0.05, 0.1) is 0 Å². The molecule has 0 amide bonds. The van der Waals surface area contributed by atoms with Gasteiger partial charge < -0.3 is 11.5 Å². The molecule has 0 aliphatic heterocycles. The predicted molar refractivity (Wildman–Crippen MR) is 67.9 cm³/mol. The smallest absolute Gasteiger partial charge is 0.213 e. The summed E-state index contributed by atoms with van der Waals surface area (Å²) < 4.78 is 6.02. The van der Waals surface area contributed by atoms with E-state index in [0.717, 1.165) is 0 Å². The van der Waals surface area contributed by atoms with E-state index in [0.29, 0.717) is 0 Å². The van der Waals surface area contributed by atoms with Crippen molar-refractivity contribution in [2.45, 2.75) is 39.5 Å². The molecule has 0 unspecified atom stereocenters. The van der Waals surface area contributed by atoms with Crippen LogP contribution < -0.4 is 16.8 Å². The minimum absolute atomic E-state index is 0.0569. The van der Waals surface area contributed by atoms with Crippen molar-refractivity contribution in [2.75, 3.05) is 0 Å². The van der Waals surface area contributed by atoms with E-state index >= 15 is 0 Å². The summed E-state index contributed by atoms with van der Waals surface area (Å²) in [7, 11) is 0. The van der Waals surface area contributed by atoms with Crippen molar-refractivity contribution in [1.82, 2.24) is 5.32 Å². The number of nitrogens with zero attached hydrogens (tertiary/aromatic N) is 2. The maximum Gasteiger partial charge on any atom is 0.213 e. The molecule has 0 saturated carbocycles. The first kappa shape index (κ1) is 16.7. The summed E-state index contributed by atoms with van der Waals surface area (Å²) in [5, 5.41) is 2.27. The van der Waals surface area contributed by atoms with Crippen LogP contribution in [-0.4, -0.2) is 11.9 Å². The molecule has 90 valence electrons. The normalized spacial score (nSPS) is 11.7. The van der Waals surface area contributed by atoms with Gasteiger partial charge in [-0.2, -0.15) is 0 Å². The Morgan fingerprint density at radius 1 is 1.00 bits per heavy atom. The number of hydrogen-bond acceptors (Lipinski definition) is 2. The van der Waals surface area contributed by atoms with Crippen LogP contribution in [0.25, 0.3) is 0 Å². The van der Waals surface area contributed by atoms with Gasteiger partial charge in [-0.15, -0.1) is 9.02 Å². The van der Waals surface area contributed by atoms with Gasteiger partial charge >= 0.3 is 0 Å². The number of guanidine groups is 2. The highest BCUT2D eigenvalue weighted by Gasteiger charge is 1.90. The van der Waals surface area contributed by atoms with Crippen LogP contribution in [-0.2, 0) is 0 Å². The van der Waals surface area contributed by atoms with Crippen LogP contribution in [0.3, 0.4) is 0 Å². The average molecular weight is 256 g/mol. The van der Waals surface area contributed by atoms with Gasteiger partial charge in [0, 0.05) is 23.6 Å². The fourth-order valence-electron chi connectivity index (χ4n) is 0.673. The SMILES string of the molecule is CCCCCC.NC(=NCl)NC(N)=NCl. The van der Waals surface area contributed by atoms with E-state index in [1.165, 1.54) is 25.7 Å². The number of hydrogen-bond donors (Lipinski definition) is 3. The molecule has 0 spiro atoms. The van der Waals surface area contributed by atoms with Gasteiger partial charge in [0.25, 0.3) is 0 Å². The predicted octanol–water partition coefficient (Wildman–Crippen LogP) is 2.10. The fraction of sp³-hybridized carbons (Fsp3) is 0.750. The van der Waals surface area contributed by atoms with Gasteiger partial charge in [-0.1, -0.05) is 39.5 Å². The summed E-state index contributed by atoms with van der Waals surface area (Å²) in [5.74, 6) is -0.114. The van der Waals surface area contributed by atoms with Gasteiger partial charge in [-0.3, -0.25) is 5.32 Å². The van der Waals surface area contributed by atoms with Crippen LogP contribution in [0.1, 0.15) is 39.5 Å². The summed E-state index contributed by atoms with van der Waals surface area (Å²) in [4.78, 5) is 0. The standard InChI is InChI=1S/C6H14.C2H5Cl2N5/c1-3-5-6-4-2;3-8-1(5)7-2(6)9-4/h3-6H2,1-2H3;(H5,5,6,7,8,9). The van der Waals surface area contributed by atoms with Crippen LogP contribution in [0, 0.1) is 0 Å². The second-order valence-corrected chi connectivity index (χ2v) is 3.11. The zero-order chi connectivity index (χ0) is 12.1. The number of rotatable bonds is 3. The largest absolute Gasteiger partial charge is 0.369 e. The maximum absolute atomic E-state index is 5.04. The van der Waals surface area contributed by atoms with Gasteiger partial charge in [-0.05, 0) is 0 Å². The van der Waals surface area contributed by atoms with Crippen molar-refractivity contribution < 1.29 is 0 Å². The molecule has 5 N–H and O–H groups in total.